The molecular formula is C23H32IN3O3. The van der Waals surface area contributed by atoms with Crippen LogP contribution in [0.4, 0.5) is 0 Å². The minimum absolute atomic E-state index is 0. The lowest BCUT2D eigenvalue weighted by Gasteiger charge is -2.43. The van der Waals surface area contributed by atoms with Gasteiger partial charge in [0.25, 0.3) is 0 Å². The summed E-state index contributed by atoms with van der Waals surface area (Å²) < 4.78 is 10.5. The van der Waals surface area contributed by atoms with Gasteiger partial charge in [-0.2, -0.15) is 0 Å². The average molecular weight is 525 g/mol. The van der Waals surface area contributed by atoms with Crippen molar-refractivity contribution in [3.05, 3.63) is 53.6 Å². The Morgan fingerprint density at radius 3 is 2.20 bits per heavy atom. The molecule has 3 rings (SSSR count). The van der Waals surface area contributed by atoms with Gasteiger partial charge in [0.05, 0.1) is 20.8 Å². The minimum Gasteiger partial charge on any atom is -0.502 e. The van der Waals surface area contributed by atoms with E-state index >= 15 is 0 Å². The summed E-state index contributed by atoms with van der Waals surface area (Å²) in [6.07, 6.45) is 3.64. The molecule has 0 unspecified atom stereocenters. The molecule has 0 heterocycles. The highest BCUT2D eigenvalue weighted by Gasteiger charge is 2.38. The molecule has 3 N–H and O–H groups in total. The number of phenolic OH excluding ortho intramolecular Hbond substituents is 1. The van der Waals surface area contributed by atoms with Crippen LogP contribution in [0, 0.1) is 0 Å². The molecule has 0 aliphatic heterocycles. The molecule has 1 aliphatic rings. The highest BCUT2D eigenvalue weighted by atomic mass is 127. The standard InChI is InChI=1S/C23H31N3O3.HI/c1-4-24-22(25-15-17-13-19(28-2)21(27)20(14-17)29-3)26-16-23(11-8-12-23)18-9-6-5-7-10-18;/h5-7,9-10,13-14,27H,4,8,11-12,15-16H2,1-3H3,(H2,24,25,26);1H. The summed E-state index contributed by atoms with van der Waals surface area (Å²) in [6, 6.07) is 14.3. The number of halogens is 1. The number of rotatable bonds is 8. The van der Waals surface area contributed by atoms with Crippen molar-refractivity contribution < 1.29 is 14.6 Å². The first kappa shape index (κ1) is 24.1. The zero-order valence-electron chi connectivity index (χ0n) is 17.9. The summed E-state index contributed by atoms with van der Waals surface area (Å²) >= 11 is 0. The number of nitrogens with zero attached hydrogens (tertiary/aromatic N) is 1. The summed E-state index contributed by atoms with van der Waals surface area (Å²) in [5.41, 5.74) is 2.47. The summed E-state index contributed by atoms with van der Waals surface area (Å²) in [6.45, 7) is 4.14. The number of guanidine groups is 1. The molecule has 1 saturated carbocycles. The van der Waals surface area contributed by atoms with Crippen LogP contribution < -0.4 is 20.1 Å². The number of methoxy groups -OCH3 is 2. The topological polar surface area (TPSA) is 75.1 Å². The Morgan fingerprint density at radius 1 is 1.07 bits per heavy atom. The Balaban J connectivity index is 0.00000320. The molecule has 0 atom stereocenters. The molecule has 1 aliphatic carbocycles. The highest BCUT2D eigenvalue weighted by molar-refractivity contribution is 14.0. The Hall–Kier alpha value is -2.16. The Bertz CT molecular complexity index is 814. The first-order valence-electron chi connectivity index (χ1n) is 10.1. The summed E-state index contributed by atoms with van der Waals surface area (Å²) in [7, 11) is 3.05. The van der Waals surface area contributed by atoms with Crippen molar-refractivity contribution in [3.63, 3.8) is 0 Å². The van der Waals surface area contributed by atoms with Crippen LogP contribution in [0.15, 0.2) is 47.5 Å². The fraction of sp³-hybridized carbons (Fsp3) is 0.435. The van der Waals surface area contributed by atoms with Gasteiger partial charge in [0, 0.05) is 18.5 Å². The van der Waals surface area contributed by atoms with Crippen molar-refractivity contribution in [1.82, 2.24) is 10.6 Å². The van der Waals surface area contributed by atoms with Gasteiger partial charge in [-0.25, -0.2) is 4.99 Å². The molecule has 164 valence electrons. The van der Waals surface area contributed by atoms with Gasteiger partial charge < -0.3 is 25.2 Å². The maximum Gasteiger partial charge on any atom is 0.200 e. The summed E-state index contributed by atoms with van der Waals surface area (Å²) in [5, 5.41) is 16.9. The van der Waals surface area contributed by atoms with E-state index in [9.17, 15) is 5.11 Å². The largest absolute Gasteiger partial charge is 0.502 e. The second kappa shape index (κ2) is 11.3. The molecule has 0 saturated heterocycles. The lowest BCUT2D eigenvalue weighted by atomic mass is 9.64. The molecule has 0 amide bonds. The predicted molar refractivity (Wildman–Crippen MR) is 131 cm³/mol. The van der Waals surface area contributed by atoms with Crippen LogP contribution in [0.5, 0.6) is 17.2 Å². The number of aliphatic imine (C=N–C) groups is 1. The number of hydrogen-bond acceptors (Lipinski definition) is 4. The fourth-order valence-corrected chi connectivity index (χ4v) is 3.77. The summed E-state index contributed by atoms with van der Waals surface area (Å²) in [5.74, 6) is 1.54. The van der Waals surface area contributed by atoms with Gasteiger partial charge >= 0.3 is 0 Å². The molecule has 6 nitrogen and oxygen atoms in total. The lowest BCUT2D eigenvalue weighted by molar-refractivity contribution is 0.244. The smallest absolute Gasteiger partial charge is 0.200 e. The lowest BCUT2D eigenvalue weighted by Crippen LogP contribution is -2.48. The molecule has 2 aromatic rings. The second-order valence-corrected chi connectivity index (χ2v) is 7.40. The van der Waals surface area contributed by atoms with Crippen LogP contribution in [0.2, 0.25) is 0 Å². The van der Waals surface area contributed by atoms with Crippen LogP contribution in [-0.4, -0.2) is 38.4 Å². The molecule has 7 heteroatoms. The first-order valence-corrected chi connectivity index (χ1v) is 10.1. The normalized spacial score (nSPS) is 14.8. The van der Waals surface area contributed by atoms with Crippen molar-refractivity contribution in [2.45, 2.75) is 38.1 Å². The third-order valence-electron chi connectivity index (χ3n) is 5.59. The van der Waals surface area contributed by atoms with E-state index in [1.54, 1.807) is 12.1 Å². The molecule has 0 aromatic heterocycles. The molecule has 2 aromatic carbocycles. The maximum atomic E-state index is 10.1. The fourth-order valence-electron chi connectivity index (χ4n) is 3.77. The monoisotopic (exact) mass is 525 g/mol. The molecule has 30 heavy (non-hydrogen) atoms. The molecule has 0 bridgehead atoms. The van der Waals surface area contributed by atoms with Gasteiger partial charge in [-0.1, -0.05) is 36.8 Å². The van der Waals surface area contributed by atoms with Crippen LogP contribution in [-0.2, 0) is 12.0 Å². The van der Waals surface area contributed by atoms with Crippen molar-refractivity contribution in [1.29, 1.82) is 0 Å². The molecule has 0 spiro atoms. The zero-order chi connectivity index (χ0) is 20.7. The SMILES string of the molecule is CCNC(=NCc1cc(OC)c(O)c(OC)c1)NCC1(c2ccccc2)CCC1.I. The van der Waals surface area contributed by atoms with E-state index in [4.69, 9.17) is 14.5 Å². The van der Waals surface area contributed by atoms with Crippen molar-refractivity contribution in [3.8, 4) is 17.2 Å². The van der Waals surface area contributed by atoms with E-state index in [-0.39, 0.29) is 35.1 Å². The van der Waals surface area contributed by atoms with Gasteiger partial charge in [-0.15, -0.1) is 24.0 Å². The van der Waals surface area contributed by atoms with Crippen molar-refractivity contribution in [2.24, 2.45) is 4.99 Å². The van der Waals surface area contributed by atoms with Gasteiger partial charge in [0.1, 0.15) is 0 Å². The molecule has 0 radical (unpaired) electrons. The number of ether oxygens (including phenoxy) is 2. The predicted octanol–water partition coefficient (Wildman–Crippen LogP) is 4.20. The van der Waals surface area contributed by atoms with E-state index in [0.717, 1.165) is 24.6 Å². The molecular weight excluding hydrogens is 493 g/mol. The van der Waals surface area contributed by atoms with Gasteiger partial charge in [-0.3, -0.25) is 0 Å². The van der Waals surface area contributed by atoms with E-state index in [0.29, 0.717) is 18.0 Å². The minimum atomic E-state index is 0. The van der Waals surface area contributed by atoms with Gasteiger partial charge in [-0.05, 0) is 43.0 Å². The van der Waals surface area contributed by atoms with Crippen LogP contribution in [0.25, 0.3) is 0 Å². The van der Waals surface area contributed by atoms with Crippen LogP contribution in [0.1, 0.15) is 37.3 Å². The van der Waals surface area contributed by atoms with Gasteiger partial charge in [0.15, 0.2) is 17.5 Å². The number of nitrogens with one attached hydrogen (secondary N) is 2. The third-order valence-corrected chi connectivity index (χ3v) is 5.59. The quantitative estimate of drug-likeness (QED) is 0.274. The second-order valence-electron chi connectivity index (χ2n) is 7.40. The Labute approximate surface area is 196 Å². The number of aromatic hydroxyl groups is 1. The summed E-state index contributed by atoms with van der Waals surface area (Å²) in [4.78, 5) is 4.72. The maximum absolute atomic E-state index is 10.1. The highest BCUT2D eigenvalue weighted by Crippen LogP contribution is 2.43. The first-order chi connectivity index (χ1) is 14.1. The molecule has 1 fully saturated rings. The number of benzene rings is 2. The number of phenols is 1. The third kappa shape index (κ3) is 5.50. The van der Waals surface area contributed by atoms with Crippen molar-refractivity contribution >= 4 is 29.9 Å². The van der Waals surface area contributed by atoms with Gasteiger partial charge in [0.2, 0.25) is 5.75 Å². The van der Waals surface area contributed by atoms with E-state index in [1.807, 2.05) is 0 Å². The average Bonchev–Trinajstić information content (AvgIpc) is 2.72. The zero-order valence-corrected chi connectivity index (χ0v) is 20.2. The van der Waals surface area contributed by atoms with Crippen LogP contribution >= 0.6 is 24.0 Å². The number of hydrogen-bond donors (Lipinski definition) is 3. The van der Waals surface area contributed by atoms with E-state index < -0.39 is 0 Å². The van der Waals surface area contributed by atoms with E-state index in [1.165, 1.54) is 39.0 Å². The Morgan fingerprint density at radius 2 is 1.70 bits per heavy atom. The van der Waals surface area contributed by atoms with Crippen molar-refractivity contribution in [2.75, 3.05) is 27.3 Å². The Kier molecular flexibility index (Phi) is 9.08. The van der Waals surface area contributed by atoms with Crippen LogP contribution in [0.3, 0.4) is 0 Å². The van der Waals surface area contributed by atoms with E-state index in [2.05, 4.69) is 47.9 Å².